The molecule has 0 aromatic heterocycles. The van der Waals surface area contributed by atoms with Gasteiger partial charge in [0.2, 0.25) is 5.91 Å². The fourth-order valence-corrected chi connectivity index (χ4v) is 2.65. The summed E-state index contributed by atoms with van der Waals surface area (Å²) in [7, 11) is 0. The smallest absolute Gasteiger partial charge is 0.255 e. The van der Waals surface area contributed by atoms with Crippen molar-refractivity contribution in [2.24, 2.45) is 0 Å². The number of hydrogen-bond donors (Lipinski definition) is 3. The van der Waals surface area contributed by atoms with Gasteiger partial charge in [0.05, 0.1) is 6.54 Å². The molecule has 3 N–H and O–H groups in total. The van der Waals surface area contributed by atoms with Crippen LogP contribution in [-0.4, -0.2) is 18.4 Å². The number of rotatable bonds is 6. The molecule has 3 rings (SSSR count). The van der Waals surface area contributed by atoms with Crippen LogP contribution in [0.5, 0.6) is 0 Å². The molecule has 0 bridgehead atoms. The first-order chi connectivity index (χ1) is 13.1. The topological polar surface area (TPSA) is 70.2 Å². The molecule has 0 aliphatic rings. The minimum absolute atomic E-state index is 0.131. The number of carbonyl (C=O) groups is 2. The molecule has 0 atom stereocenters. The van der Waals surface area contributed by atoms with Crippen molar-refractivity contribution < 1.29 is 9.59 Å². The summed E-state index contributed by atoms with van der Waals surface area (Å²) in [5.74, 6) is -0.308. The number of amides is 2. The molecule has 0 radical (unpaired) electrons. The van der Waals surface area contributed by atoms with Crippen LogP contribution in [-0.2, 0) is 4.79 Å². The summed E-state index contributed by atoms with van der Waals surface area (Å²) in [6.45, 7) is 2.03. The summed E-state index contributed by atoms with van der Waals surface area (Å²) in [6.07, 6.45) is 0. The molecule has 5 nitrogen and oxygen atoms in total. The second-order valence-corrected chi connectivity index (χ2v) is 6.07. The number of anilines is 3. The van der Waals surface area contributed by atoms with Crippen molar-refractivity contribution in [3.8, 4) is 0 Å². The van der Waals surface area contributed by atoms with Crippen LogP contribution in [0.1, 0.15) is 15.9 Å². The molecule has 5 heteroatoms. The van der Waals surface area contributed by atoms with Gasteiger partial charge in [-0.15, -0.1) is 0 Å². The van der Waals surface area contributed by atoms with E-state index in [1.54, 1.807) is 12.1 Å². The largest absolute Gasteiger partial charge is 0.376 e. The lowest BCUT2D eigenvalue weighted by atomic mass is 10.1. The van der Waals surface area contributed by atoms with E-state index in [-0.39, 0.29) is 18.4 Å². The van der Waals surface area contributed by atoms with Crippen LogP contribution >= 0.6 is 0 Å². The Hall–Kier alpha value is -3.60. The molecule has 2 amide bonds. The fourth-order valence-electron chi connectivity index (χ4n) is 2.65. The molecule has 136 valence electrons. The Morgan fingerprint density at radius 2 is 1.37 bits per heavy atom. The van der Waals surface area contributed by atoms with Gasteiger partial charge in [0, 0.05) is 22.6 Å². The first-order valence-electron chi connectivity index (χ1n) is 8.68. The van der Waals surface area contributed by atoms with E-state index in [9.17, 15) is 9.59 Å². The van der Waals surface area contributed by atoms with Crippen molar-refractivity contribution in [1.29, 1.82) is 0 Å². The molecular weight excluding hydrogens is 338 g/mol. The van der Waals surface area contributed by atoms with E-state index in [1.807, 2.05) is 73.7 Å². The van der Waals surface area contributed by atoms with Crippen LogP contribution in [0.25, 0.3) is 0 Å². The Kier molecular flexibility index (Phi) is 5.84. The van der Waals surface area contributed by atoms with Crippen LogP contribution in [0.4, 0.5) is 17.1 Å². The van der Waals surface area contributed by atoms with Gasteiger partial charge in [0.1, 0.15) is 0 Å². The van der Waals surface area contributed by atoms with Crippen LogP contribution < -0.4 is 16.0 Å². The number of para-hydroxylation sites is 1. The lowest BCUT2D eigenvalue weighted by Gasteiger charge is -2.14. The summed E-state index contributed by atoms with van der Waals surface area (Å²) in [5.41, 5.74) is 3.72. The highest BCUT2D eigenvalue weighted by molar-refractivity contribution is 6.05. The van der Waals surface area contributed by atoms with Gasteiger partial charge in [-0.3, -0.25) is 9.59 Å². The van der Waals surface area contributed by atoms with Crippen LogP contribution in [0.15, 0.2) is 78.9 Å². The van der Waals surface area contributed by atoms with Gasteiger partial charge in [-0.2, -0.15) is 0 Å². The number of carbonyl (C=O) groups excluding carboxylic acids is 2. The average Bonchev–Trinajstić information content (AvgIpc) is 2.70. The highest BCUT2D eigenvalue weighted by Crippen LogP contribution is 2.23. The molecule has 3 aromatic rings. The van der Waals surface area contributed by atoms with E-state index in [4.69, 9.17) is 0 Å². The lowest BCUT2D eigenvalue weighted by Crippen LogP contribution is -2.22. The molecule has 0 aliphatic heterocycles. The highest BCUT2D eigenvalue weighted by Gasteiger charge is 2.10. The van der Waals surface area contributed by atoms with Gasteiger partial charge in [-0.1, -0.05) is 42.5 Å². The second kappa shape index (κ2) is 8.67. The molecule has 0 spiro atoms. The van der Waals surface area contributed by atoms with Crippen LogP contribution in [0.3, 0.4) is 0 Å². The third-order valence-corrected chi connectivity index (χ3v) is 4.11. The number of benzene rings is 3. The van der Waals surface area contributed by atoms with Gasteiger partial charge in [-0.05, 0) is 48.9 Å². The Balaban J connectivity index is 1.62. The molecule has 0 fully saturated rings. The van der Waals surface area contributed by atoms with Gasteiger partial charge in [-0.25, -0.2) is 0 Å². The maximum atomic E-state index is 12.4. The molecule has 0 unspecified atom stereocenters. The van der Waals surface area contributed by atoms with Crippen LogP contribution in [0.2, 0.25) is 0 Å². The minimum Gasteiger partial charge on any atom is -0.376 e. The monoisotopic (exact) mass is 359 g/mol. The second-order valence-electron chi connectivity index (χ2n) is 6.07. The fraction of sp³-hybridized carbons (Fsp3) is 0.0909. The standard InChI is InChI=1S/C22H21N3O2/c1-16-19(23-15-21(26)24-18-11-6-3-7-12-18)13-8-14-20(16)25-22(27)17-9-4-2-5-10-17/h2-14,23H,15H2,1H3,(H,24,26)(H,25,27). The predicted octanol–water partition coefficient (Wildman–Crippen LogP) is 4.30. The van der Waals surface area contributed by atoms with E-state index in [1.165, 1.54) is 0 Å². The third-order valence-electron chi connectivity index (χ3n) is 4.11. The third kappa shape index (κ3) is 4.95. The molecular formula is C22H21N3O2. The molecule has 0 saturated carbocycles. The summed E-state index contributed by atoms with van der Waals surface area (Å²) < 4.78 is 0. The van der Waals surface area contributed by atoms with E-state index in [0.717, 1.165) is 16.9 Å². The SMILES string of the molecule is Cc1c(NCC(=O)Nc2ccccc2)cccc1NC(=O)c1ccccc1. The normalized spacial score (nSPS) is 10.1. The first kappa shape index (κ1) is 18.2. The Labute approximate surface area is 158 Å². The summed E-state index contributed by atoms with van der Waals surface area (Å²) >= 11 is 0. The predicted molar refractivity (Wildman–Crippen MR) is 109 cm³/mol. The quantitative estimate of drug-likeness (QED) is 0.615. The van der Waals surface area contributed by atoms with Crippen molar-refractivity contribution in [2.75, 3.05) is 22.5 Å². The molecule has 0 saturated heterocycles. The molecule has 3 aromatic carbocycles. The first-order valence-corrected chi connectivity index (χ1v) is 8.68. The maximum Gasteiger partial charge on any atom is 0.255 e. The number of nitrogens with one attached hydrogen (secondary N) is 3. The minimum atomic E-state index is -0.169. The van der Waals surface area contributed by atoms with Gasteiger partial charge in [0.25, 0.3) is 5.91 Å². The zero-order valence-electron chi connectivity index (χ0n) is 15.0. The van der Waals surface area contributed by atoms with E-state index >= 15 is 0 Å². The molecule has 0 aliphatic carbocycles. The average molecular weight is 359 g/mol. The van der Waals surface area contributed by atoms with E-state index in [0.29, 0.717) is 11.3 Å². The van der Waals surface area contributed by atoms with Crippen molar-refractivity contribution in [3.05, 3.63) is 90.0 Å². The van der Waals surface area contributed by atoms with Crippen molar-refractivity contribution in [1.82, 2.24) is 0 Å². The van der Waals surface area contributed by atoms with Crippen molar-refractivity contribution >= 4 is 28.9 Å². The van der Waals surface area contributed by atoms with Gasteiger partial charge in [0.15, 0.2) is 0 Å². The van der Waals surface area contributed by atoms with Crippen molar-refractivity contribution in [3.63, 3.8) is 0 Å². The van der Waals surface area contributed by atoms with Crippen LogP contribution in [0, 0.1) is 6.92 Å². The molecule has 27 heavy (non-hydrogen) atoms. The summed E-state index contributed by atoms with van der Waals surface area (Å²) in [6, 6.07) is 23.9. The zero-order valence-corrected chi connectivity index (χ0v) is 15.0. The lowest BCUT2D eigenvalue weighted by molar-refractivity contribution is -0.114. The summed E-state index contributed by atoms with van der Waals surface area (Å²) in [5, 5.41) is 8.87. The zero-order chi connectivity index (χ0) is 19.1. The Morgan fingerprint density at radius 1 is 0.741 bits per heavy atom. The Bertz CT molecular complexity index is 925. The highest BCUT2D eigenvalue weighted by atomic mass is 16.2. The van der Waals surface area contributed by atoms with E-state index in [2.05, 4.69) is 16.0 Å². The van der Waals surface area contributed by atoms with E-state index < -0.39 is 0 Å². The summed E-state index contributed by atoms with van der Waals surface area (Å²) in [4.78, 5) is 24.5. The Morgan fingerprint density at radius 3 is 2.07 bits per heavy atom. The maximum absolute atomic E-state index is 12.4. The number of hydrogen-bond acceptors (Lipinski definition) is 3. The van der Waals surface area contributed by atoms with Gasteiger partial charge >= 0.3 is 0 Å². The molecule has 0 heterocycles. The van der Waals surface area contributed by atoms with Crippen molar-refractivity contribution in [2.45, 2.75) is 6.92 Å². The van der Waals surface area contributed by atoms with Gasteiger partial charge < -0.3 is 16.0 Å².